The van der Waals surface area contributed by atoms with Crippen LogP contribution < -0.4 is 0 Å². The number of halogens is 1. The van der Waals surface area contributed by atoms with Crippen molar-refractivity contribution in [2.24, 2.45) is 0 Å². The molecular weight excluding hydrogens is 258 g/mol. The van der Waals surface area contributed by atoms with Gasteiger partial charge in [0.25, 0.3) is 0 Å². The maximum Gasteiger partial charge on any atom is 0.407 e. The van der Waals surface area contributed by atoms with Crippen LogP contribution in [0.3, 0.4) is 0 Å². The number of benzene rings is 1. The van der Waals surface area contributed by atoms with E-state index in [0.717, 1.165) is 22.9 Å². The Morgan fingerprint density at radius 3 is 3.00 bits per heavy atom. The van der Waals surface area contributed by atoms with Crippen LogP contribution in [0.1, 0.15) is 23.6 Å². The minimum Gasteiger partial charge on any atom is -0.465 e. The van der Waals surface area contributed by atoms with E-state index in [0.29, 0.717) is 0 Å². The molecule has 3 nitrogen and oxygen atoms in total. The Bertz CT molecular complexity index is 406. The lowest BCUT2D eigenvalue weighted by Gasteiger charge is -2.22. The van der Waals surface area contributed by atoms with Gasteiger partial charge in [0.15, 0.2) is 0 Å². The molecule has 4 heteroatoms. The fraction of sp³-hybridized carbons (Fsp3) is 0.364. The predicted octanol–water partition coefficient (Wildman–Crippen LogP) is 3.05. The van der Waals surface area contributed by atoms with Gasteiger partial charge in [-0.25, -0.2) is 4.79 Å². The molecule has 0 radical (unpaired) electrons. The van der Waals surface area contributed by atoms with Crippen LogP contribution in [0.2, 0.25) is 0 Å². The molecule has 0 fully saturated rings. The summed E-state index contributed by atoms with van der Waals surface area (Å²) in [5, 5.41) is 8.95. The molecule has 0 saturated carbocycles. The summed E-state index contributed by atoms with van der Waals surface area (Å²) in [4.78, 5) is 12.3. The lowest BCUT2D eigenvalue weighted by Crippen LogP contribution is -2.28. The smallest absolute Gasteiger partial charge is 0.407 e. The molecule has 15 heavy (non-hydrogen) atoms. The molecule has 0 bridgehead atoms. The minimum atomic E-state index is -0.868. The summed E-state index contributed by atoms with van der Waals surface area (Å²) in [6, 6.07) is 6.10. The third kappa shape index (κ3) is 1.86. The molecular formula is C11H12BrNO2. The average Bonchev–Trinajstić information content (AvgIpc) is 2.59. The van der Waals surface area contributed by atoms with Gasteiger partial charge in [0, 0.05) is 11.5 Å². The molecule has 0 heterocycles. The summed E-state index contributed by atoms with van der Waals surface area (Å²) in [6.07, 6.45) is 0.979. The average molecular weight is 270 g/mol. The molecule has 1 aliphatic rings. The second-order valence-corrected chi connectivity index (χ2v) is 4.71. The third-order valence-corrected chi connectivity index (χ3v) is 3.42. The van der Waals surface area contributed by atoms with Crippen molar-refractivity contribution in [2.75, 3.05) is 7.05 Å². The molecule has 1 amide bonds. The van der Waals surface area contributed by atoms with Crippen molar-refractivity contribution in [1.82, 2.24) is 4.90 Å². The van der Waals surface area contributed by atoms with E-state index in [1.54, 1.807) is 7.05 Å². The number of carbonyl (C=O) groups is 1. The second-order valence-electron chi connectivity index (χ2n) is 3.79. The second kappa shape index (κ2) is 3.85. The summed E-state index contributed by atoms with van der Waals surface area (Å²) in [6.45, 7) is 0. The van der Waals surface area contributed by atoms with E-state index in [1.165, 1.54) is 10.5 Å². The van der Waals surface area contributed by atoms with Crippen LogP contribution in [-0.2, 0) is 6.42 Å². The first-order valence-corrected chi connectivity index (χ1v) is 5.63. The van der Waals surface area contributed by atoms with Gasteiger partial charge in [-0.2, -0.15) is 0 Å². The lowest BCUT2D eigenvalue weighted by molar-refractivity contribution is 0.138. The van der Waals surface area contributed by atoms with Gasteiger partial charge < -0.3 is 10.0 Å². The number of nitrogens with zero attached hydrogens (tertiary/aromatic N) is 1. The first kappa shape index (κ1) is 10.5. The number of fused-ring (bicyclic) bond motifs is 1. The van der Waals surface area contributed by atoms with E-state index in [1.807, 2.05) is 12.1 Å². The van der Waals surface area contributed by atoms with E-state index in [-0.39, 0.29) is 6.04 Å². The zero-order valence-corrected chi connectivity index (χ0v) is 9.99. The van der Waals surface area contributed by atoms with Crippen LogP contribution in [-0.4, -0.2) is 23.1 Å². The van der Waals surface area contributed by atoms with Crippen molar-refractivity contribution in [1.29, 1.82) is 0 Å². The number of hydrogen-bond acceptors (Lipinski definition) is 1. The van der Waals surface area contributed by atoms with Gasteiger partial charge >= 0.3 is 6.09 Å². The van der Waals surface area contributed by atoms with Crippen LogP contribution in [0.4, 0.5) is 4.79 Å². The van der Waals surface area contributed by atoms with Crippen molar-refractivity contribution < 1.29 is 9.90 Å². The molecule has 1 aromatic rings. The van der Waals surface area contributed by atoms with Gasteiger partial charge in [-0.05, 0) is 36.1 Å². The lowest BCUT2D eigenvalue weighted by atomic mass is 10.1. The van der Waals surface area contributed by atoms with Gasteiger partial charge in [0.2, 0.25) is 0 Å². The summed E-state index contributed by atoms with van der Waals surface area (Å²) in [7, 11) is 1.63. The highest BCUT2D eigenvalue weighted by molar-refractivity contribution is 9.10. The van der Waals surface area contributed by atoms with Crippen molar-refractivity contribution in [2.45, 2.75) is 18.9 Å². The molecule has 0 aliphatic heterocycles. The van der Waals surface area contributed by atoms with E-state index in [4.69, 9.17) is 5.11 Å². The summed E-state index contributed by atoms with van der Waals surface area (Å²) < 4.78 is 1.01. The number of amides is 1. The number of rotatable bonds is 1. The fourth-order valence-electron chi connectivity index (χ4n) is 2.09. The maximum atomic E-state index is 10.9. The highest BCUT2D eigenvalue weighted by atomic mass is 79.9. The van der Waals surface area contributed by atoms with Crippen LogP contribution >= 0.6 is 15.9 Å². The maximum absolute atomic E-state index is 10.9. The van der Waals surface area contributed by atoms with E-state index < -0.39 is 6.09 Å². The fourth-order valence-corrected chi connectivity index (χ4v) is 2.47. The predicted molar refractivity (Wildman–Crippen MR) is 61.0 cm³/mol. The van der Waals surface area contributed by atoms with Crippen molar-refractivity contribution in [3.8, 4) is 0 Å². The molecule has 0 spiro atoms. The molecule has 1 aromatic carbocycles. The Labute approximate surface area is 96.8 Å². The number of hydrogen-bond donors (Lipinski definition) is 1. The molecule has 1 aliphatic carbocycles. The molecule has 1 atom stereocenters. The topological polar surface area (TPSA) is 40.5 Å². The first-order valence-electron chi connectivity index (χ1n) is 4.83. The summed E-state index contributed by atoms with van der Waals surface area (Å²) >= 11 is 3.41. The summed E-state index contributed by atoms with van der Waals surface area (Å²) in [5.41, 5.74) is 2.39. The molecule has 80 valence electrons. The van der Waals surface area contributed by atoms with E-state index in [9.17, 15) is 4.79 Å². The Morgan fingerprint density at radius 1 is 1.60 bits per heavy atom. The van der Waals surface area contributed by atoms with Gasteiger partial charge in [-0.15, -0.1) is 0 Å². The van der Waals surface area contributed by atoms with Gasteiger partial charge in [-0.3, -0.25) is 0 Å². The van der Waals surface area contributed by atoms with Gasteiger partial charge in [-0.1, -0.05) is 22.0 Å². The third-order valence-electron chi connectivity index (χ3n) is 2.92. The van der Waals surface area contributed by atoms with Crippen molar-refractivity contribution >= 4 is 22.0 Å². The summed E-state index contributed by atoms with van der Waals surface area (Å²) in [5.74, 6) is 0. The van der Waals surface area contributed by atoms with Crippen LogP contribution in [0.15, 0.2) is 22.7 Å². The highest BCUT2D eigenvalue weighted by Crippen LogP contribution is 2.36. The minimum absolute atomic E-state index is 0.00926. The monoisotopic (exact) mass is 269 g/mol. The zero-order valence-electron chi connectivity index (χ0n) is 8.40. The number of carboxylic acid groups (broad SMARTS) is 1. The molecule has 1 N–H and O–H groups in total. The van der Waals surface area contributed by atoms with Crippen molar-refractivity contribution in [3.63, 3.8) is 0 Å². The SMILES string of the molecule is CN(C(=O)O)C1CCc2ccc(Br)cc21. The molecule has 2 rings (SSSR count). The standard InChI is InChI=1S/C11H12BrNO2/c1-13(11(14)15)10-5-3-7-2-4-8(12)6-9(7)10/h2,4,6,10H,3,5H2,1H3,(H,14,15). The van der Waals surface area contributed by atoms with E-state index in [2.05, 4.69) is 22.0 Å². The quantitative estimate of drug-likeness (QED) is 0.852. The highest BCUT2D eigenvalue weighted by Gasteiger charge is 2.28. The Hall–Kier alpha value is -1.03. The molecule has 0 saturated heterocycles. The molecule has 0 aromatic heterocycles. The normalized spacial score (nSPS) is 18.7. The Morgan fingerprint density at radius 2 is 2.33 bits per heavy atom. The van der Waals surface area contributed by atoms with Crippen LogP contribution in [0.25, 0.3) is 0 Å². The van der Waals surface area contributed by atoms with Crippen LogP contribution in [0.5, 0.6) is 0 Å². The van der Waals surface area contributed by atoms with E-state index >= 15 is 0 Å². The van der Waals surface area contributed by atoms with Crippen LogP contribution in [0, 0.1) is 0 Å². The Balaban J connectivity index is 2.35. The molecule has 1 unspecified atom stereocenters. The van der Waals surface area contributed by atoms with Gasteiger partial charge in [0.05, 0.1) is 6.04 Å². The first-order chi connectivity index (χ1) is 7.09. The Kier molecular flexibility index (Phi) is 2.69. The van der Waals surface area contributed by atoms with Gasteiger partial charge in [0.1, 0.15) is 0 Å². The number of aryl methyl sites for hydroxylation is 1. The largest absolute Gasteiger partial charge is 0.465 e. The zero-order chi connectivity index (χ0) is 11.0. The van der Waals surface area contributed by atoms with Crippen molar-refractivity contribution in [3.05, 3.63) is 33.8 Å².